The van der Waals surface area contributed by atoms with Crippen LogP contribution in [0.1, 0.15) is 53.4 Å². The Hall–Kier alpha value is -0.820. The molecule has 122 valence electrons. The van der Waals surface area contributed by atoms with Crippen molar-refractivity contribution in [2.75, 3.05) is 23.3 Å². The first-order valence-electron chi connectivity index (χ1n) is 7.45. The molecule has 3 N–H and O–H groups in total. The Labute approximate surface area is 132 Å². The first kappa shape index (κ1) is 18.2. The molecule has 1 aromatic rings. The van der Waals surface area contributed by atoms with Crippen LogP contribution in [0.25, 0.3) is 0 Å². The number of nitrogens with zero attached hydrogens (tertiary/aromatic N) is 1. The summed E-state index contributed by atoms with van der Waals surface area (Å²) in [5, 5.41) is 3.81. The number of nitrogens with one attached hydrogen (secondary N) is 1. The third-order valence-corrected chi connectivity index (χ3v) is 6.29. The van der Waals surface area contributed by atoms with E-state index in [1.54, 1.807) is 6.92 Å². The maximum absolute atomic E-state index is 12.1. The van der Waals surface area contributed by atoms with E-state index in [2.05, 4.69) is 30.5 Å². The molecule has 0 aliphatic rings. The van der Waals surface area contributed by atoms with E-state index in [1.165, 1.54) is 19.3 Å². The molecule has 0 fully saturated rings. The zero-order valence-electron chi connectivity index (χ0n) is 13.4. The molecule has 0 aliphatic heterocycles. The van der Waals surface area contributed by atoms with Crippen molar-refractivity contribution in [1.82, 2.24) is 4.37 Å². The van der Waals surface area contributed by atoms with Crippen molar-refractivity contribution in [2.45, 2.75) is 58.3 Å². The average molecular weight is 334 g/mol. The van der Waals surface area contributed by atoms with Crippen LogP contribution >= 0.6 is 11.5 Å². The van der Waals surface area contributed by atoms with Gasteiger partial charge in [0, 0.05) is 6.54 Å². The summed E-state index contributed by atoms with van der Waals surface area (Å²) < 4.78 is 28.2. The highest BCUT2D eigenvalue weighted by molar-refractivity contribution is 7.91. The van der Waals surface area contributed by atoms with E-state index in [4.69, 9.17) is 5.73 Å². The molecule has 0 aromatic carbocycles. The SMILES string of the molecule is CCCCCC(C)(C)CNc1snc(N)c1S(=O)(=O)CC. The van der Waals surface area contributed by atoms with Gasteiger partial charge in [-0.3, -0.25) is 0 Å². The Balaban J connectivity index is 2.77. The fraction of sp³-hybridized carbons (Fsp3) is 0.786. The minimum Gasteiger partial charge on any atom is -0.382 e. The molecule has 0 radical (unpaired) electrons. The number of nitrogens with two attached hydrogens (primary N) is 1. The number of anilines is 2. The van der Waals surface area contributed by atoms with Crippen molar-refractivity contribution in [1.29, 1.82) is 0 Å². The standard InChI is InChI=1S/C14H27N3O2S2/c1-5-7-8-9-14(3,4)10-16-13-11(12(15)17-20-13)21(18,19)6-2/h16H,5-10H2,1-4H3,(H2,15,17). The minimum atomic E-state index is -3.34. The highest BCUT2D eigenvalue weighted by Crippen LogP contribution is 2.34. The van der Waals surface area contributed by atoms with E-state index in [0.29, 0.717) is 11.5 Å². The van der Waals surface area contributed by atoms with Gasteiger partial charge in [-0.05, 0) is 23.4 Å². The van der Waals surface area contributed by atoms with Crippen molar-refractivity contribution < 1.29 is 8.42 Å². The third-order valence-electron chi connectivity index (χ3n) is 3.55. The third kappa shape index (κ3) is 5.14. The van der Waals surface area contributed by atoms with E-state index in [1.807, 2.05) is 0 Å². The van der Waals surface area contributed by atoms with Gasteiger partial charge >= 0.3 is 0 Å². The van der Waals surface area contributed by atoms with E-state index < -0.39 is 9.84 Å². The van der Waals surface area contributed by atoms with Crippen LogP contribution in [0.4, 0.5) is 10.8 Å². The second-order valence-electron chi connectivity index (χ2n) is 6.10. The summed E-state index contributed by atoms with van der Waals surface area (Å²) in [6.07, 6.45) is 4.73. The summed E-state index contributed by atoms with van der Waals surface area (Å²) in [7, 11) is -3.34. The number of sulfone groups is 1. The molecule has 1 aromatic heterocycles. The maximum atomic E-state index is 12.1. The Kier molecular flexibility index (Phi) is 6.46. The lowest BCUT2D eigenvalue weighted by molar-refractivity contribution is 0.342. The lowest BCUT2D eigenvalue weighted by Crippen LogP contribution is -2.23. The number of nitrogen functional groups attached to an aromatic ring is 1. The normalized spacial score (nSPS) is 12.6. The number of unbranched alkanes of at least 4 members (excludes halogenated alkanes) is 2. The maximum Gasteiger partial charge on any atom is 0.184 e. The molecule has 0 amide bonds. The highest BCUT2D eigenvalue weighted by atomic mass is 32.2. The molecule has 5 nitrogen and oxygen atoms in total. The van der Waals surface area contributed by atoms with Crippen LogP contribution in [-0.4, -0.2) is 25.1 Å². The summed E-state index contributed by atoms with van der Waals surface area (Å²) in [4.78, 5) is 0.166. The van der Waals surface area contributed by atoms with Crippen LogP contribution in [0.15, 0.2) is 4.90 Å². The minimum absolute atomic E-state index is 0.0319. The van der Waals surface area contributed by atoms with Gasteiger partial charge in [0.05, 0.1) is 5.75 Å². The van der Waals surface area contributed by atoms with Gasteiger partial charge in [-0.15, -0.1) is 0 Å². The zero-order valence-corrected chi connectivity index (χ0v) is 15.0. The summed E-state index contributed by atoms with van der Waals surface area (Å²) in [5.41, 5.74) is 5.83. The van der Waals surface area contributed by atoms with Gasteiger partial charge in [-0.2, -0.15) is 4.37 Å². The van der Waals surface area contributed by atoms with Crippen molar-refractivity contribution in [2.24, 2.45) is 5.41 Å². The quantitative estimate of drug-likeness (QED) is 0.675. The first-order valence-corrected chi connectivity index (χ1v) is 9.88. The zero-order chi connectivity index (χ0) is 16.1. The lowest BCUT2D eigenvalue weighted by Gasteiger charge is -2.25. The molecular weight excluding hydrogens is 306 g/mol. The summed E-state index contributed by atoms with van der Waals surface area (Å²) in [6, 6.07) is 0. The predicted octanol–water partition coefficient (Wildman–Crippen LogP) is 3.54. The Bertz CT molecular complexity index is 551. The van der Waals surface area contributed by atoms with Crippen LogP contribution in [0.5, 0.6) is 0 Å². The summed E-state index contributed by atoms with van der Waals surface area (Å²) in [6.45, 7) is 8.89. The molecule has 0 spiro atoms. The first-order chi connectivity index (χ1) is 9.73. The molecule has 7 heteroatoms. The summed E-state index contributed by atoms with van der Waals surface area (Å²) >= 11 is 1.12. The Morgan fingerprint density at radius 2 is 1.95 bits per heavy atom. The van der Waals surface area contributed by atoms with Gasteiger partial charge < -0.3 is 11.1 Å². The molecule has 1 heterocycles. The van der Waals surface area contributed by atoms with Crippen LogP contribution in [-0.2, 0) is 9.84 Å². The second kappa shape index (κ2) is 7.45. The molecular formula is C14H27N3O2S2. The second-order valence-corrected chi connectivity index (χ2v) is 9.09. The topological polar surface area (TPSA) is 85.1 Å². The van der Waals surface area contributed by atoms with Gasteiger partial charge in [0.1, 0.15) is 9.90 Å². The van der Waals surface area contributed by atoms with Crippen molar-refractivity contribution in [3.05, 3.63) is 0 Å². The molecule has 21 heavy (non-hydrogen) atoms. The number of aromatic nitrogens is 1. The largest absolute Gasteiger partial charge is 0.382 e. The predicted molar refractivity (Wildman–Crippen MR) is 90.7 cm³/mol. The molecule has 0 aliphatic carbocycles. The van der Waals surface area contributed by atoms with Crippen LogP contribution in [0.2, 0.25) is 0 Å². The molecule has 0 saturated heterocycles. The van der Waals surface area contributed by atoms with Crippen molar-refractivity contribution >= 4 is 32.2 Å². The molecule has 0 bridgehead atoms. The van der Waals surface area contributed by atoms with Crippen LogP contribution < -0.4 is 11.1 Å². The summed E-state index contributed by atoms with van der Waals surface area (Å²) in [5.74, 6) is 0.137. The average Bonchev–Trinajstić information content (AvgIpc) is 2.79. The monoisotopic (exact) mass is 333 g/mol. The Morgan fingerprint density at radius 3 is 2.52 bits per heavy atom. The molecule has 1 rings (SSSR count). The molecule has 0 saturated carbocycles. The number of hydrogen-bond donors (Lipinski definition) is 2. The van der Waals surface area contributed by atoms with Gasteiger partial charge in [-0.25, -0.2) is 8.42 Å². The van der Waals surface area contributed by atoms with Crippen LogP contribution in [0.3, 0.4) is 0 Å². The van der Waals surface area contributed by atoms with E-state index in [0.717, 1.165) is 18.0 Å². The fourth-order valence-corrected chi connectivity index (χ4v) is 4.28. The van der Waals surface area contributed by atoms with E-state index in [9.17, 15) is 8.42 Å². The Morgan fingerprint density at radius 1 is 1.29 bits per heavy atom. The highest BCUT2D eigenvalue weighted by Gasteiger charge is 2.25. The fourth-order valence-electron chi connectivity index (χ4n) is 2.11. The smallest absolute Gasteiger partial charge is 0.184 e. The van der Waals surface area contributed by atoms with Crippen molar-refractivity contribution in [3.8, 4) is 0 Å². The van der Waals surface area contributed by atoms with E-state index >= 15 is 0 Å². The van der Waals surface area contributed by atoms with Crippen molar-refractivity contribution in [3.63, 3.8) is 0 Å². The number of rotatable bonds is 9. The van der Waals surface area contributed by atoms with E-state index in [-0.39, 0.29) is 21.9 Å². The van der Waals surface area contributed by atoms with Gasteiger partial charge in [-0.1, -0.05) is 47.0 Å². The lowest BCUT2D eigenvalue weighted by atomic mass is 9.87. The van der Waals surface area contributed by atoms with Gasteiger partial charge in [0.15, 0.2) is 15.7 Å². The number of hydrogen-bond acceptors (Lipinski definition) is 6. The van der Waals surface area contributed by atoms with Gasteiger partial charge in [0.2, 0.25) is 0 Å². The van der Waals surface area contributed by atoms with Gasteiger partial charge in [0.25, 0.3) is 0 Å². The molecule has 0 atom stereocenters. The molecule has 0 unspecified atom stereocenters. The van der Waals surface area contributed by atoms with Crippen LogP contribution in [0, 0.1) is 5.41 Å².